The van der Waals surface area contributed by atoms with Crippen LogP contribution in [0.1, 0.15) is 58.8 Å². The summed E-state index contributed by atoms with van der Waals surface area (Å²) in [6.45, 7) is 2.04. The highest BCUT2D eigenvalue weighted by Gasteiger charge is 2.31. The maximum Gasteiger partial charge on any atom is 0.286 e. The highest BCUT2D eigenvalue weighted by molar-refractivity contribution is 5.99. The number of carbonyl (C=O) groups is 2. The van der Waals surface area contributed by atoms with Gasteiger partial charge in [0.2, 0.25) is 0 Å². The van der Waals surface area contributed by atoms with Crippen LogP contribution in [0.5, 0.6) is 0 Å². The number of rotatable bonds is 5. The summed E-state index contributed by atoms with van der Waals surface area (Å²) in [7, 11) is 1.55. The van der Waals surface area contributed by atoms with Gasteiger partial charge in [-0.25, -0.2) is 0 Å². The van der Waals surface area contributed by atoms with Crippen molar-refractivity contribution >= 4 is 11.8 Å². The van der Waals surface area contributed by atoms with Crippen LogP contribution in [0.2, 0.25) is 0 Å². The van der Waals surface area contributed by atoms with Gasteiger partial charge in [0.15, 0.2) is 5.76 Å². The third-order valence-electron chi connectivity index (χ3n) is 4.44. The van der Waals surface area contributed by atoms with Gasteiger partial charge in [-0.05, 0) is 25.2 Å². The molecule has 0 aliphatic heterocycles. The third kappa shape index (κ3) is 3.38. The second-order valence-electron chi connectivity index (χ2n) is 6.22. The lowest BCUT2D eigenvalue weighted by Gasteiger charge is -2.20. The van der Waals surface area contributed by atoms with E-state index in [4.69, 9.17) is 4.42 Å². The fourth-order valence-corrected chi connectivity index (χ4v) is 2.81. The molecule has 0 radical (unpaired) electrons. The topological polar surface area (TPSA) is 71.3 Å². The zero-order valence-corrected chi connectivity index (χ0v) is 13.5. The molecule has 5 heteroatoms. The van der Waals surface area contributed by atoms with Gasteiger partial charge in [0, 0.05) is 25.1 Å². The molecule has 122 valence electrons. The van der Waals surface area contributed by atoms with E-state index in [1.165, 1.54) is 0 Å². The quantitative estimate of drug-likeness (QED) is 0.878. The summed E-state index contributed by atoms with van der Waals surface area (Å²) in [5, 5.41) is 5.52. The Bertz CT molecular complexity index is 668. The van der Waals surface area contributed by atoms with E-state index >= 15 is 0 Å². The van der Waals surface area contributed by atoms with Crippen molar-refractivity contribution < 1.29 is 14.0 Å². The molecule has 0 bridgehead atoms. The lowest BCUT2D eigenvalue weighted by molar-refractivity contribution is 0.0927. The largest absolute Gasteiger partial charge is 0.455 e. The van der Waals surface area contributed by atoms with E-state index in [9.17, 15) is 9.59 Å². The summed E-state index contributed by atoms with van der Waals surface area (Å²) in [4.78, 5) is 24.4. The molecule has 2 aliphatic carbocycles. The Morgan fingerprint density at radius 2 is 2.04 bits per heavy atom. The number of hydrogen-bond acceptors (Lipinski definition) is 3. The summed E-state index contributed by atoms with van der Waals surface area (Å²) < 4.78 is 5.77. The molecule has 2 N–H and O–H groups in total. The summed E-state index contributed by atoms with van der Waals surface area (Å²) in [6.07, 6.45) is 11.2. The van der Waals surface area contributed by atoms with Crippen LogP contribution in [0.4, 0.5) is 0 Å². The van der Waals surface area contributed by atoms with Crippen molar-refractivity contribution in [2.45, 2.75) is 38.1 Å². The molecule has 2 aliphatic rings. The zero-order valence-electron chi connectivity index (χ0n) is 13.5. The molecule has 5 nitrogen and oxygen atoms in total. The monoisotopic (exact) mass is 314 g/mol. The molecule has 0 saturated heterocycles. The first-order valence-electron chi connectivity index (χ1n) is 8.10. The van der Waals surface area contributed by atoms with E-state index < -0.39 is 0 Å². The summed E-state index contributed by atoms with van der Waals surface area (Å²) in [5.74, 6) is 0.592. The first-order valence-corrected chi connectivity index (χ1v) is 8.10. The number of allylic oxidation sites excluding steroid dienone is 4. The number of carbonyl (C=O) groups excluding carboxylic acids is 2. The van der Waals surface area contributed by atoms with E-state index in [0.29, 0.717) is 11.3 Å². The van der Waals surface area contributed by atoms with Crippen LogP contribution < -0.4 is 10.6 Å². The minimum Gasteiger partial charge on any atom is -0.455 e. The smallest absolute Gasteiger partial charge is 0.286 e. The number of nitrogens with one attached hydrogen (secondary N) is 2. The lowest BCUT2D eigenvalue weighted by atomic mass is 9.85. The first kappa shape index (κ1) is 15.6. The molecule has 1 aromatic rings. The van der Waals surface area contributed by atoms with Crippen molar-refractivity contribution in [2.75, 3.05) is 7.05 Å². The van der Waals surface area contributed by atoms with E-state index in [1.54, 1.807) is 13.1 Å². The van der Waals surface area contributed by atoms with Crippen LogP contribution in [0, 0.1) is 5.92 Å². The Kier molecular flexibility index (Phi) is 4.37. The fraction of sp³-hybridized carbons (Fsp3) is 0.444. The molecule has 0 aromatic carbocycles. The van der Waals surface area contributed by atoms with Crippen LogP contribution >= 0.6 is 0 Å². The number of furan rings is 1. The third-order valence-corrected chi connectivity index (χ3v) is 4.44. The van der Waals surface area contributed by atoms with Crippen molar-refractivity contribution in [3.8, 4) is 0 Å². The number of amides is 2. The maximum atomic E-state index is 12.5. The lowest BCUT2D eigenvalue weighted by Crippen LogP contribution is -2.26. The molecule has 2 amide bonds. The summed E-state index contributed by atoms with van der Waals surface area (Å²) in [6, 6.07) is 1.83. The highest BCUT2D eigenvalue weighted by Crippen LogP contribution is 2.34. The Labute approximate surface area is 135 Å². The number of hydrogen-bond donors (Lipinski definition) is 2. The average molecular weight is 314 g/mol. The molecule has 1 saturated carbocycles. The molecule has 1 fully saturated rings. The molecule has 1 heterocycles. The predicted octanol–water partition coefficient (Wildman–Crippen LogP) is 2.77. The second-order valence-corrected chi connectivity index (χ2v) is 6.22. The normalized spacial score (nSPS) is 21.0. The minimum absolute atomic E-state index is 0.0227. The summed E-state index contributed by atoms with van der Waals surface area (Å²) in [5.41, 5.74) is 0.478. The van der Waals surface area contributed by atoms with Gasteiger partial charge in [0.25, 0.3) is 11.8 Å². The van der Waals surface area contributed by atoms with Crippen LogP contribution in [0.3, 0.4) is 0 Å². The molecular formula is C18H22N2O3. The van der Waals surface area contributed by atoms with Crippen molar-refractivity contribution in [2.24, 2.45) is 5.92 Å². The van der Waals surface area contributed by atoms with E-state index in [2.05, 4.69) is 22.8 Å². The van der Waals surface area contributed by atoms with Crippen molar-refractivity contribution in [3.05, 3.63) is 47.5 Å². The average Bonchev–Trinajstić information content (AvgIpc) is 3.28. The fourth-order valence-electron chi connectivity index (χ4n) is 2.81. The van der Waals surface area contributed by atoms with Crippen LogP contribution in [0.25, 0.3) is 0 Å². The molecule has 1 aromatic heterocycles. The van der Waals surface area contributed by atoms with E-state index in [0.717, 1.165) is 19.3 Å². The Hall–Kier alpha value is -2.30. The Balaban J connectivity index is 1.90. The molecule has 23 heavy (non-hydrogen) atoms. The second kappa shape index (κ2) is 6.44. The van der Waals surface area contributed by atoms with Gasteiger partial charge < -0.3 is 15.1 Å². The van der Waals surface area contributed by atoms with Gasteiger partial charge in [-0.2, -0.15) is 0 Å². The van der Waals surface area contributed by atoms with Crippen LogP contribution in [0.15, 0.2) is 34.8 Å². The highest BCUT2D eigenvalue weighted by atomic mass is 16.4. The van der Waals surface area contributed by atoms with Gasteiger partial charge in [-0.1, -0.05) is 31.2 Å². The van der Waals surface area contributed by atoms with Crippen LogP contribution in [-0.4, -0.2) is 24.9 Å². The minimum atomic E-state index is -0.317. The van der Waals surface area contributed by atoms with Gasteiger partial charge in [0.05, 0.1) is 5.56 Å². The molecule has 3 rings (SSSR count). The van der Waals surface area contributed by atoms with E-state index in [1.807, 2.05) is 19.1 Å². The van der Waals surface area contributed by atoms with Crippen molar-refractivity contribution in [1.29, 1.82) is 0 Å². The Morgan fingerprint density at radius 3 is 2.65 bits per heavy atom. The molecule has 0 spiro atoms. The molecule has 1 unspecified atom stereocenters. The van der Waals surface area contributed by atoms with Gasteiger partial charge in [-0.15, -0.1) is 0 Å². The van der Waals surface area contributed by atoms with Gasteiger partial charge in [0.1, 0.15) is 5.76 Å². The SMILES string of the molecule is CNC(=O)c1cc(C(=O)NC2CC2)c([C@@H](C)C2C=CC=CC2)o1. The molecular weight excluding hydrogens is 292 g/mol. The predicted molar refractivity (Wildman–Crippen MR) is 87.4 cm³/mol. The maximum absolute atomic E-state index is 12.5. The Morgan fingerprint density at radius 1 is 1.26 bits per heavy atom. The van der Waals surface area contributed by atoms with Gasteiger partial charge >= 0.3 is 0 Å². The van der Waals surface area contributed by atoms with Crippen LogP contribution in [-0.2, 0) is 0 Å². The van der Waals surface area contributed by atoms with Gasteiger partial charge in [-0.3, -0.25) is 9.59 Å². The standard InChI is InChI=1S/C18H22N2O3/c1-11(12-6-4-3-5-7-12)16-14(17(21)20-13-8-9-13)10-15(23-16)18(22)19-2/h3-6,10-13H,7-9H2,1-2H3,(H,19,22)(H,20,21)/t11-,12?/m0/s1. The zero-order chi connectivity index (χ0) is 16.4. The first-order chi connectivity index (χ1) is 11.1. The van der Waals surface area contributed by atoms with E-state index in [-0.39, 0.29) is 35.5 Å². The molecule has 2 atom stereocenters. The van der Waals surface area contributed by atoms with Crippen molar-refractivity contribution in [3.63, 3.8) is 0 Å². The van der Waals surface area contributed by atoms with Crippen molar-refractivity contribution in [1.82, 2.24) is 10.6 Å². The summed E-state index contributed by atoms with van der Waals surface area (Å²) >= 11 is 0.